The second-order valence-corrected chi connectivity index (χ2v) is 5.87. The molecule has 2 nitrogen and oxygen atoms in total. The van der Waals surface area contributed by atoms with E-state index in [-0.39, 0.29) is 12.2 Å². The molecule has 0 bridgehead atoms. The van der Waals surface area contributed by atoms with Crippen LogP contribution in [-0.4, -0.2) is 24.4 Å². The monoisotopic (exact) mass is 256 g/mol. The Kier molecular flexibility index (Phi) is 8.70. The van der Waals surface area contributed by atoms with E-state index < -0.39 is 0 Å². The van der Waals surface area contributed by atoms with Gasteiger partial charge in [-0.15, -0.1) is 0 Å². The number of ether oxygens (including phenoxy) is 1. The highest BCUT2D eigenvalue weighted by atomic mass is 16.5. The van der Waals surface area contributed by atoms with E-state index in [1.54, 1.807) is 7.11 Å². The number of unbranched alkanes of at least 4 members (excludes halogenated alkanes) is 7. The number of rotatable bonds is 12. The third-order valence-corrected chi connectivity index (χ3v) is 4.09. The maximum Gasteiger partial charge on any atom is 0.0858 e. The van der Waals surface area contributed by atoms with E-state index in [4.69, 9.17) is 4.74 Å². The van der Waals surface area contributed by atoms with Gasteiger partial charge in [-0.25, -0.2) is 0 Å². The predicted octanol–water partition coefficient (Wildman–Crippen LogP) is 4.30. The van der Waals surface area contributed by atoms with Crippen molar-refractivity contribution in [2.75, 3.05) is 7.11 Å². The summed E-state index contributed by atoms with van der Waals surface area (Å²) >= 11 is 0. The molecule has 2 atom stereocenters. The van der Waals surface area contributed by atoms with Crippen molar-refractivity contribution in [3.05, 3.63) is 0 Å². The molecule has 2 unspecified atom stereocenters. The zero-order valence-corrected chi connectivity index (χ0v) is 12.4. The van der Waals surface area contributed by atoms with Gasteiger partial charge in [0.1, 0.15) is 0 Å². The molecule has 0 saturated heterocycles. The van der Waals surface area contributed by atoms with Gasteiger partial charge in [0.25, 0.3) is 0 Å². The van der Waals surface area contributed by atoms with Gasteiger partial charge in [0.15, 0.2) is 0 Å². The smallest absolute Gasteiger partial charge is 0.0858 e. The summed E-state index contributed by atoms with van der Waals surface area (Å²) in [7, 11) is 1.74. The Morgan fingerprint density at radius 3 is 2.06 bits per heavy atom. The molecule has 1 saturated carbocycles. The molecule has 1 aliphatic rings. The van der Waals surface area contributed by atoms with E-state index in [0.717, 1.165) is 12.8 Å². The molecular weight excluding hydrogens is 224 g/mol. The molecule has 0 radical (unpaired) electrons. The van der Waals surface area contributed by atoms with Crippen molar-refractivity contribution in [2.24, 2.45) is 5.92 Å². The fourth-order valence-corrected chi connectivity index (χ4v) is 2.74. The molecule has 0 aromatic rings. The minimum Gasteiger partial charge on any atom is -0.390 e. The van der Waals surface area contributed by atoms with Crippen molar-refractivity contribution >= 4 is 0 Å². The van der Waals surface area contributed by atoms with Crippen molar-refractivity contribution in [2.45, 2.75) is 89.8 Å². The second kappa shape index (κ2) is 9.80. The van der Waals surface area contributed by atoms with Gasteiger partial charge in [-0.3, -0.25) is 0 Å². The van der Waals surface area contributed by atoms with Crippen LogP contribution in [0.15, 0.2) is 0 Å². The number of methoxy groups -OCH3 is 1. The lowest BCUT2D eigenvalue weighted by Crippen LogP contribution is -2.29. The summed E-state index contributed by atoms with van der Waals surface area (Å²) in [5.41, 5.74) is 0. The molecule has 108 valence electrons. The molecule has 1 rings (SSSR count). The van der Waals surface area contributed by atoms with Crippen LogP contribution in [0.2, 0.25) is 0 Å². The van der Waals surface area contributed by atoms with Crippen LogP contribution in [0.3, 0.4) is 0 Å². The van der Waals surface area contributed by atoms with E-state index in [2.05, 4.69) is 6.92 Å². The Hall–Kier alpha value is -0.0800. The summed E-state index contributed by atoms with van der Waals surface area (Å²) in [5, 5.41) is 10.1. The SMILES string of the molecule is CCCCCCCCCCC(O)C(OC)C1CC1. The summed E-state index contributed by atoms with van der Waals surface area (Å²) in [5.74, 6) is 0.638. The Bertz CT molecular complexity index is 190. The van der Waals surface area contributed by atoms with Crippen LogP contribution >= 0.6 is 0 Å². The van der Waals surface area contributed by atoms with Crippen molar-refractivity contribution < 1.29 is 9.84 Å². The van der Waals surface area contributed by atoms with Gasteiger partial charge in [0.2, 0.25) is 0 Å². The van der Waals surface area contributed by atoms with Crippen LogP contribution in [0.4, 0.5) is 0 Å². The molecule has 0 aliphatic heterocycles. The first kappa shape index (κ1) is 16.0. The normalized spacial score (nSPS) is 18.8. The molecule has 1 aliphatic carbocycles. The third kappa shape index (κ3) is 6.75. The first-order chi connectivity index (χ1) is 8.79. The van der Waals surface area contributed by atoms with Gasteiger partial charge >= 0.3 is 0 Å². The minimum absolute atomic E-state index is 0.106. The first-order valence-electron chi connectivity index (χ1n) is 8.00. The lowest BCUT2D eigenvalue weighted by Gasteiger charge is -2.21. The van der Waals surface area contributed by atoms with E-state index in [9.17, 15) is 5.11 Å². The second-order valence-electron chi connectivity index (χ2n) is 5.87. The van der Waals surface area contributed by atoms with E-state index in [0.29, 0.717) is 5.92 Å². The summed E-state index contributed by atoms with van der Waals surface area (Å²) in [6, 6.07) is 0. The largest absolute Gasteiger partial charge is 0.390 e. The van der Waals surface area contributed by atoms with Gasteiger partial charge in [0, 0.05) is 7.11 Å². The van der Waals surface area contributed by atoms with E-state index >= 15 is 0 Å². The quantitative estimate of drug-likeness (QED) is 0.527. The molecule has 0 heterocycles. The van der Waals surface area contributed by atoms with E-state index in [1.807, 2.05) is 0 Å². The van der Waals surface area contributed by atoms with Gasteiger partial charge in [-0.2, -0.15) is 0 Å². The Labute approximate surface area is 113 Å². The predicted molar refractivity (Wildman–Crippen MR) is 76.8 cm³/mol. The lowest BCUT2D eigenvalue weighted by molar-refractivity contribution is -0.0288. The molecular formula is C16H32O2. The summed E-state index contributed by atoms with van der Waals surface area (Å²) < 4.78 is 5.41. The lowest BCUT2D eigenvalue weighted by atomic mass is 10.0. The maximum atomic E-state index is 10.1. The molecule has 0 aromatic heterocycles. The molecule has 1 fully saturated rings. The molecule has 1 N–H and O–H groups in total. The van der Waals surface area contributed by atoms with Crippen molar-refractivity contribution in [3.63, 3.8) is 0 Å². The third-order valence-electron chi connectivity index (χ3n) is 4.09. The van der Waals surface area contributed by atoms with Crippen LogP contribution in [0, 0.1) is 5.92 Å². The van der Waals surface area contributed by atoms with Gasteiger partial charge < -0.3 is 9.84 Å². The van der Waals surface area contributed by atoms with Crippen molar-refractivity contribution in [3.8, 4) is 0 Å². The summed E-state index contributed by atoms with van der Waals surface area (Å²) in [4.78, 5) is 0. The first-order valence-corrected chi connectivity index (χ1v) is 8.00. The van der Waals surface area contributed by atoms with Crippen molar-refractivity contribution in [1.82, 2.24) is 0 Å². The number of aliphatic hydroxyl groups excluding tert-OH is 1. The highest BCUT2D eigenvalue weighted by Crippen LogP contribution is 2.36. The molecule has 0 spiro atoms. The fourth-order valence-electron chi connectivity index (χ4n) is 2.74. The van der Waals surface area contributed by atoms with Crippen LogP contribution in [0.1, 0.15) is 77.6 Å². The Morgan fingerprint density at radius 1 is 1.00 bits per heavy atom. The number of hydrogen-bond acceptors (Lipinski definition) is 2. The van der Waals surface area contributed by atoms with Gasteiger partial charge in [-0.05, 0) is 25.2 Å². The topological polar surface area (TPSA) is 29.5 Å². The van der Waals surface area contributed by atoms with Gasteiger partial charge in [-0.1, -0.05) is 58.3 Å². The van der Waals surface area contributed by atoms with Crippen LogP contribution in [0.5, 0.6) is 0 Å². The Morgan fingerprint density at radius 2 is 1.56 bits per heavy atom. The summed E-state index contributed by atoms with van der Waals surface area (Å²) in [6.45, 7) is 2.26. The van der Waals surface area contributed by atoms with Crippen LogP contribution in [-0.2, 0) is 4.74 Å². The molecule has 2 heteroatoms. The standard InChI is InChI=1S/C16H32O2/c1-3-4-5-6-7-8-9-10-11-15(17)16(18-2)14-12-13-14/h14-17H,3-13H2,1-2H3. The highest BCUT2D eigenvalue weighted by Gasteiger charge is 2.35. The average Bonchev–Trinajstić information content (AvgIpc) is 3.18. The average molecular weight is 256 g/mol. The summed E-state index contributed by atoms with van der Waals surface area (Å²) in [6.07, 6.45) is 13.9. The van der Waals surface area contributed by atoms with E-state index in [1.165, 1.54) is 57.8 Å². The van der Waals surface area contributed by atoms with Gasteiger partial charge in [0.05, 0.1) is 12.2 Å². The maximum absolute atomic E-state index is 10.1. The van der Waals surface area contributed by atoms with Crippen LogP contribution < -0.4 is 0 Å². The highest BCUT2D eigenvalue weighted by molar-refractivity contribution is 4.86. The molecule has 0 amide bonds. The number of aliphatic hydroxyl groups is 1. The minimum atomic E-state index is -0.234. The van der Waals surface area contributed by atoms with Crippen molar-refractivity contribution in [1.29, 1.82) is 0 Å². The Balaban J connectivity index is 1.90. The molecule has 0 aromatic carbocycles. The zero-order chi connectivity index (χ0) is 13.2. The molecule has 18 heavy (non-hydrogen) atoms. The zero-order valence-electron chi connectivity index (χ0n) is 12.4. The fraction of sp³-hybridized carbons (Fsp3) is 1.00. The number of hydrogen-bond donors (Lipinski definition) is 1. The van der Waals surface area contributed by atoms with Crippen LogP contribution in [0.25, 0.3) is 0 Å².